The quantitative estimate of drug-likeness (QED) is 0.432. The highest BCUT2D eigenvalue weighted by molar-refractivity contribution is 9.10. The van der Waals surface area contributed by atoms with Gasteiger partial charge in [-0.15, -0.1) is 0 Å². The Hall–Kier alpha value is -2.60. The molecule has 1 aliphatic heterocycles. The number of halogens is 4. The largest absolute Gasteiger partial charge is 0.416 e. The maximum Gasteiger partial charge on any atom is 0.416 e. The monoisotopic (exact) mass is 444 g/mol. The molecular formula is C22H16BrF3N2. The Kier molecular flexibility index (Phi) is 4.98. The standard InChI is InChI=1S/C22H16BrF3N2/c23-16-12-10-15(11-13-16)20-14-21(28(27-20)17-6-2-1-3-7-17)18-8-4-5-9-19(18)22(24,25)26/h1-13,21H,14H2/t21-/m0/s1. The maximum atomic E-state index is 13.6. The van der Waals surface area contributed by atoms with Gasteiger partial charge in [0, 0.05) is 10.9 Å². The second kappa shape index (κ2) is 7.43. The molecule has 0 saturated carbocycles. The summed E-state index contributed by atoms with van der Waals surface area (Å²) in [6.45, 7) is 0. The van der Waals surface area contributed by atoms with Gasteiger partial charge < -0.3 is 0 Å². The predicted molar refractivity (Wildman–Crippen MR) is 108 cm³/mol. The van der Waals surface area contributed by atoms with Crippen molar-refractivity contribution < 1.29 is 13.2 Å². The summed E-state index contributed by atoms with van der Waals surface area (Å²) in [7, 11) is 0. The fourth-order valence-corrected chi connectivity index (χ4v) is 3.70. The van der Waals surface area contributed by atoms with Gasteiger partial charge in [-0.25, -0.2) is 0 Å². The zero-order chi connectivity index (χ0) is 19.7. The first-order valence-corrected chi connectivity index (χ1v) is 9.56. The summed E-state index contributed by atoms with van der Waals surface area (Å²) in [5, 5.41) is 6.40. The van der Waals surface area contributed by atoms with Gasteiger partial charge in [0.2, 0.25) is 0 Å². The molecule has 3 aromatic rings. The van der Waals surface area contributed by atoms with Crippen molar-refractivity contribution in [3.05, 3.63) is 100 Å². The fraction of sp³-hybridized carbons (Fsp3) is 0.136. The van der Waals surface area contributed by atoms with Gasteiger partial charge >= 0.3 is 6.18 Å². The lowest BCUT2D eigenvalue weighted by Crippen LogP contribution is -2.22. The lowest BCUT2D eigenvalue weighted by molar-refractivity contribution is -0.138. The third kappa shape index (κ3) is 3.69. The van der Waals surface area contributed by atoms with Crippen LogP contribution in [0.5, 0.6) is 0 Å². The van der Waals surface area contributed by atoms with Gasteiger partial charge in [-0.05, 0) is 41.5 Å². The van der Waals surface area contributed by atoms with Crippen molar-refractivity contribution in [2.24, 2.45) is 5.10 Å². The number of benzene rings is 3. The van der Waals surface area contributed by atoms with Crippen LogP contribution in [0.1, 0.15) is 29.2 Å². The lowest BCUT2D eigenvalue weighted by atomic mass is 9.94. The van der Waals surface area contributed by atoms with Crippen molar-refractivity contribution in [1.29, 1.82) is 0 Å². The molecule has 0 fully saturated rings. The van der Waals surface area contributed by atoms with Gasteiger partial charge in [-0.1, -0.05) is 64.5 Å². The zero-order valence-corrected chi connectivity index (χ0v) is 16.3. The van der Waals surface area contributed by atoms with Gasteiger partial charge in [0.05, 0.1) is 23.0 Å². The summed E-state index contributed by atoms with van der Waals surface area (Å²) in [4.78, 5) is 0. The van der Waals surface area contributed by atoms with Gasteiger partial charge in [0.15, 0.2) is 0 Å². The van der Waals surface area contributed by atoms with Gasteiger partial charge in [0.1, 0.15) is 0 Å². The Bertz CT molecular complexity index is 998. The molecule has 0 bridgehead atoms. The van der Waals surface area contributed by atoms with Crippen LogP contribution in [-0.4, -0.2) is 5.71 Å². The van der Waals surface area contributed by atoms with E-state index in [-0.39, 0.29) is 5.56 Å². The van der Waals surface area contributed by atoms with Crippen LogP contribution in [-0.2, 0) is 6.18 Å². The van der Waals surface area contributed by atoms with Crippen LogP contribution in [0.25, 0.3) is 0 Å². The first kappa shape index (κ1) is 18.7. The third-order valence-electron chi connectivity index (χ3n) is 4.73. The van der Waals surface area contributed by atoms with Crippen LogP contribution >= 0.6 is 15.9 Å². The molecule has 6 heteroatoms. The van der Waals surface area contributed by atoms with Crippen LogP contribution in [0.15, 0.2) is 88.4 Å². The first-order valence-electron chi connectivity index (χ1n) is 8.77. The lowest BCUT2D eigenvalue weighted by Gasteiger charge is -2.26. The van der Waals surface area contributed by atoms with Gasteiger partial charge in [-0.3, -0.25) is 5.01 Å². The Labute approximate surface area is 169 Å². The van der Waals surface area contributed by atoms with E-state index in [0.29, 0.717) is 6.42 Å². The average Bonchev–Trinajstić information content (AvgIpc) is 3.14. The summed E-state index contributed by atoms with van der Waals surface area (Å²) < 4.78 is 41.8. The van der Waals surface area contributed by atoms with Crippen molar-refractivity contribution in [1.82, 2.24) is 0 Å². The Morgan fingerprint density at radius 2 is 1.50 bits per heavy atom. The second-order valence-electron chi connectivity index (χ2n) is 6.54. The molecule has 1 aliphatic rings. The highest BCUT2D eigenvalue weighted by atomic mass is 79.9. The molecule has 1 atom stereocenters. The SMILES string of the molecule is FC(F)(F)c1ccccc1[C@@H]1CC(c2ccc(Br)cc2)=NN1c1ccccc1. The molecular weight excluding hydrogens is 429 g/mol. The van der Waals surface area contributed by atoms with E-state index in [9.17, 15) is 13.2 Å². The second-order valence-corrected chi connectivity index (χ2v) is 7.45. The molecule has 0 unspecified atom stereocenters. The molecule has 0 spiro atoms. The molecule has 0 aliphatic carbocycles. The number of hydrazone groups is 1. The van der Waals surface area contributed by atoms with Gasteiger partial charge in [0.25, 0.3) is 0 Å². The molecule has 4 rings (SSSR count). The molecule has 0 N–H and O–H groups in total. The van der Waals surface area contributed by atoms with E-state index in [2.05, 4.69) is 15.9 Å². The van der Waals surface area contributed by atoms with E-state index >= 15 is 0 Å². The van der Waals surface area contributed by atoms with E-state index in [1.807, 2.05) is 54.6 Å². The molecule has 0 amide bonds. The smallest absolute Gasteiger partial charge is 0.257 e. The van der Waals surface area contributed by atoms with Crippen LogP contribution < -0.4 is 5.01 Å². The molecule has 0 radical (unpaired) electrons. The van der Waals surface area contributed by atoms with Crippen LogP contribution in [0.4, 0.5) is 18.9 Å². The normalized spacial score (nSPS) is 16.9. The van der Waals surface area contributed by atoms with Gasteiger partial charge in [-0.2, -0.15) is 18.3 Å². The van der Waals surface area contributed by atoms with Crippen molar-refractivity contribution in [2.45, 2.75) is 18.6 Å². The Balaban J connectivity index is 1.80. The topological polar surface area (TPSA) is 15.6 Å². The van der Waals surface area contributed by atoms with Crippen molar-refractivity contribution >= 4 is 27.3 Å². The third-order valence-corrected chi connectivity index (χ3v) is 5.26. The fourth-order valence-electron chi connectivity index (χ4n) is 3.43. The number of nitrogens with zero attached hydrogens (tertiary/aromatic N) is 2. The van der Waals surface area contributed by atoms with Crippen molar-refractivity contribution in [2.75, 3.05) is 5.01 Å². The maximum absolute atomic E-state index is 13.6. The van der Waals surface area contributed by atoms with Crippen molar-refractivity contribution in [3.63, 3.8) is 0 Å². The summed E-state index contributed by atoms with van der Waals surface area (Å²) in [5.74, 6) is 0. The molecule has 0 saturated heterocycles. The van der Waals surface area contributed by atoms with Crippen LogP contribution in [0.2, 0.25) is 0 Å². The molecule has 28 heavy (non-hydrogen) atoms. The number of alkyl halides is 3. The average molecular weight is 445 g/mol. The molecule has 1 heterocycles. The minimum atomic E-state index is -4.42. The van der Waals surface area contributed by atoms with E-state index in [4.69, 9.17) is 5.10 Å². The van der Waals surface area contributed by atoms with Crippen LogP contribution in [0, 0.1) is 0 Å². The first-order chi connectivity index (χ1) is 13.4. The molecule has 3 aromatic carbocycles. The number of para-hydroxylation sites is 1. The van der Waals surface area contributed by atoms with E-state index in [1.165, 1.54) is 6.07 Å². The zero-order valence-electron chi connectivity index (χ0n) is 14.7. The van der Waals surface area contributed by atoms with Crippen LogP contribution in [0.3, 0.4) is 0 Å². The number of hydrogen-bond acceptors (Lipinski definition) is 2. The molecule has 0 aromatic heterocycles. The predicted octanol–water partition coefficient (Wildman–Crippen LogP) is 6.82. The highest BCUT2D eigenvalue weighted by Gasteiger charge is 2.39. The van der Waals surface area contributed by atoms with E-state index in [1.54, 1.807) is 17.1 Å². The highest BCUT2D eigenvalue weighted by Crippen LogP contribution is 2.42. The minimum Gasteiger partial charge on any atom is -0.257 e. The summed E-state index contributed by atoms with van der Waals surface area (Å²) in [6, 6.07) is 22.2. The Morgan fingerprint density at radius 3 is 2.18 bits per heavy atom. The number of rotatable bonds is 3. The molecule has 142 valence electrons. The Morgan fingerprint density at radius 1 is 0.857 bits per heavy atom. The summed E-state index contributed by atoms with van der Waals surface area (Å²) >= 11 is 3.41. The minimum absolute atomic E-state index is 0.231. The summed E-state index contributed by atoms with van der Waals surface area (Å²) in [6.07, 6.45) is -4.02. The van der Waals surface area contributed by atoms with Crippen molar-refractivity contribution in [3.8, 4) is 0 Å². The van der Waals surface area contributed by atoms with E-state index in [0.717, 1.165) is 27.5 Å². The molecule has 2 nitrogen and oxygen atoms in total. The number of anilines is 1. The summed E-state index contributed by atoms with van der Waals surface area (Å²) in [5.41, 5.74) is 2.04. The van der Waals surface area contributed by atoms with E-state index < -0.39 is 17.8 Å². The number of hydrogen-bond donors (Lipinski definition) is 0.